The Morgan fingerprint density at radius 1 is 1.42 bits per heavy atom. The average molecular weight is 347 g/mol. The Kier molecular flexibility index (Phi) is 5.81. The Bertz CT molecular complexity index is 657. The fourth-order valence-electron chi connectivity index (χ4n) is 2.58. The Balaban J connectivity index is 1.50. The van der Waals surface area contributed by atoms with Crippen molar-refractivity contribution >= 4 is 17.7 Å². The van der Waals surface area contributed by atoms with Crippen LogP contribution in [0, 0.1) is 0 Å². The average Bonchev–Trinajstić information content (AvgIpc) is 3.26. The molecule has 2 heterocycles. The van der Waals surface area contributed by atoms with E-state index in [1.807, 2.05) is 37.4 Å². The molecule has 0 aliphatic carbocycles. The van der Waals surface area contributed by atoms with Gasteiger partial charge < -0.3 is 9.64 Å². The monoisotopic (exact) mass is 347 g/mol. The van der Waals surface area contributed by atoms with E-state index in [1.165, 1.54) is 11.8 Å². The van der Waals surface area contributed by atoms with Gasteiger partial charge in [0.2, 0.25) is 11.1 Å². The number of benzene rings is 1. The van der Waals surface area contributed by atoms with E-state index in [4.69, 9.17) is 4.74 Å². The predicted molar refractivity (Wildman–Crippen MR) is 90.4 cm³/mol. The van der Waals surface area contributed by atoms with Crippen LogP contribution in [0.2, 0.25) is 0 Å². The van der Waals surface area contributed by atoms with Crippen molar-refractivity contribution in [3.05, 3.63) is 35.9 Å². The number of ether oxygens (including phenoxy) is 1. The minimum atomic E-state index is 0.0514. The fraction of sp³-hybridized carbons (Fsp3) is 0.500. The van der Waals surface area contributed by atoms with Crippen molar-refractivity contribution in [2.24, 2.45) is 0 Å². The van der Waals surface area contributed by atoms with Crippen LogP contribution < -0.4 is 0 Å². The van der Waals surface area contributed by atoms with Crippen LogP contribution in [-0.2, 0) is 22.6 Å². The molecule has 0 radical (unpaired) electrons. The second-order valence-corrected chi connectivity index (χ2v) is 6.75. The van der Waals surface area contributed by atoms with Gasteiger partial charge in [0.05, 0.1) is 18.4 Å². The highest BCUT2D eigenvalue weighted by molar-refractivity contribution is 7.99. The van der Waals surface area contributed by atoms with Crippen LogP contribution in [-0.4, -0.2) is 56.5 Å². The number of thioether (sulfide) groups is 1. The lowest BCUT2D eigenvalue weighted by molar-refractivity contribution is -0.127. The maximum atomic E-state index is 12.3. The molecule has 1 saturated heterocycles. The first-order valence-corrected chi connectivity index (χ1v) is 8.99. The highest BCUT2D eigenvalue weighted by atomic mass is 32.2. The smallest absolute Gasteiger partial charge is 0.233 e. The maximum absolute atomic E-state index is 12.3. The molecule has 1 aromatic heterocycles. The van der Waals surface area contributed by atoms with E-state index >= 15 is 0 Å². The molecule has 0 saturated carbocycles. The summed E-state index contributed by atoms with van der Waals surface area (Å²) in [4.78, 5) is 14.0. The molecule has 7 nitrogen and oxygen atoms in total. The van der Waals surface area contributed by atoms with Crippen LogP contribution in [0.3, 0.4) is 0 Å². The topological polar surface area (TPSA) is 73.1 Å². The number of aromatic nitrogens is 4. The van der Waals surface area contributed by atoms with Crippen molar-refractivity contribution in [1.29, 1.82) is 0 Å². The molecular formula is C16H21N5O2S. The minimum Gasteiger partial charge on any atom is -0.376 e. The Morgan fingerprint density at radius 2 is 2.25 bits per heavy atom. The largest absolute Gasteiger partial charge is 0.376 e. The second-order valence-electron chi connectivity index (χ2n) is 5.80. The molecule has 1 amide bonds. The molecule has 1 atom stereocenters. The molecule has 0 spiro atoms. The third-order valence-corrected chi connectivity index (χ3v) is 4.85. The summed E-state index contributed by atoms with van der Waals surface area (Å²) in [6, 6.07) is 9.94. The molecule has 1 unspecified atom stereocenters. The first-order valence-electron chi connectivity index (χ1n) is 8.01. The standard InChI is InChI=1S/C16H21N5O2S/c1-20(10-13-6-3-2-4-7-13)15(22)12-24-16-17-18-19-21(16)11-14-8-5-9-23-14/h2-4,6-7,14H,5,8-12H2,1H3. The number of hydrogen-bond donors (Lipinski definition) is 0. The Labute approximate surface area is 145 Å². The van der Waals surface area contributed by atoms with Gasteiger partial charge in [0.25, 0.3) is 0 Å². The zero-order valence-corrected chi connectivity index (χ0v) is 14.5. The van der Waals surface area contributed by atoms with Crippen LogP contribution in [0.1, 0.15) is 18.4 Å². The maximum Gasteiger partial charge on any atom is 0.233 e. The molecule has 3 rings (SSSR count). The van der Waals surface area contributed by atoms with E-state index in [2.05, 4.69) is 15.5 Å². The van der Waals surface area contributed by atoms with Gasteiger partial charge in [-0.25, -0.2) is 4.68 Å². The van der Waals surface area contributed by atoms with E-state index < -0.39 is 0 Å². The predicted octanol–water partition coefficient (Wildman–Crippen LogP) is 1.60. The Hall–Kier alpha value is -1.93. The van der Waals surface area contributed by atoms with Crippen molar-refractivity contribution in [2.75, 3.05) is 19.4 Å². The summed E-state index contributed by atoms with van der Waals surface area (Å²) in [5, 5.41) is 12.4. The van der Waals surface area contributed by atoms with Crippen LogP contribution >= 0.6 is 11.8 Å². The van der Waals surface area contributed by atoms with Crippen molar-refractivity contribution in [2.45, 2.75) is 37.2 Å². The van der Waals surface area contributed by atoms with E-state index in [-0.39, 0.29) is 12.0 Å². The number of carbonyl (C=O) groups is 1. The lowest BCUT2D eigenvalue weighted by Gasteiger charge is -2.17. The van der Waals surface area contributed by atoms with Gasteiger partial charge in [-0.2, -0.15) is 0 Å². The molecule has 8 heteroatoms. The van der Waals surface area contributed by atoms with E-state index in [0.29, 0.717) is 24.0 Å². The van der Waals surface area contributed by atoms with E-state index in [1.54, 1.807) is 9.58 Å². The molecule has 2 aromatic rings. The molecular weight excluding hydrogens is 326 g/mol. The molecule has 128 valence electrons. The van der Waals surface area contributed by atoms with E-state index in [0.717, 1.165) is 25.0 Å². The van der Waals surface area contributed by atoms with Crippen molar-refractivity contribution in [3.8, 4) is 0 Å². The van der Waals surface area contributed by atoms with Gasteiger partial charge in [-0.15, -0.1) is 5.10 Å². The molecule has 1 aromatic carbocycles. The first kappa shape index (κ1) is 16.9. The van der Waals surface area contributed by atoms with Crippen LogP contribution in [0.15, 0.2) is 35.5 Å². The summed E-state index contributed by atoms with van der Waals surface area (Å²) in [6.07, 6.45) is 2.28. The number of nitrogens with zero attached hydrogens (tertiary/aromatic N) is 5. The van der Waals surface area contributed by atoms with Gasteiger partial charge in [0.15, 0.2) is 0 Å². The summed E-state index contributed by atoms with van der Waals surface area (Å²) in [5.74, 6) is 0.366. The first-order chi connectivity index (χ1) is 11.7. The molecule has 24 heavy (non-hydrogen) atoms. The summed E-state index contributed by atoms with van der Waals surface area (Å²) in [5.41, 5.74) is 1.11. The number of hydrogen-bond acceptors (Lipinski definition) is 6. The second kappa shape index (κ2) is 8.25. The van der Waals surface area contributed by atoms with Crippen molar-refractivity contribution in [1.82, 2.24) is 25.1 Å². The zero-order chi connectivity index (χ0) is 16.8. The molecule has 1 aliphatic heterocycles. The molecule has 1 fully saturated rings. The van der Waals surface area contributed by atoms with Gasteiger partial charge in [0.1, 0.15) is 0 Å². The Morgan fingerprint density at radius 3 is 3.00 bits per heavy atom. The number of rotatable bonds is 7. The third kappa shape index (κ3) is 4.55. The number of carbonyl (C=O) groups excluding carboxylic acids is 1. The van der Waals surface area contributed by atoms with Crippen molar-refractivity contribution in [3.63, 3.8) is 0 Å². The number of tetrazole rings is 1. The number of amides is 1. The SMILES string of the molecule is CN(Cc1ccccc1)C(=O)CSc1nnnn1CC1CCCO1. The summed E-state index contributed by atoms with van der Waals surface area (Å²) >= 11 is 1.36. The van der Waals surface area contributed by atoms with Crippen LogP contribution in [0.25, 0.3) is 0 Å². The lowest BCUT2D eigenvalue weighted by Crippen LogP contribution is -2.28. The third-order valence-electron chi connectivity index (χ3n) is 3.91. The van der Waals surface area contributed by atoms with Gasteiger partial charge >= 0.3 is 0 Å². The summed E-state index contributed by atoms with van der Waals surface area (Å²) in [7, 11) is 1.81. The summed E-state index contributed by atoms with van der Waals surface area (Å²) in [6.45, 7) is 2.04. The summed E-state index contributed by atoms with van der Waals surface area (Å²) < 4.78 is 7.34. The zero-order valence-electron chi connectivity index (χ0n) is 13.7. The van der Waals surface area contributed by atoms with Gasteiger partial charge in [-0.1, -0.05) is 42.1 Å². The highest BCUT2D eigenvalue weighted by Gasteiger charge is 2.19. The van der Waals surface area contributed by atoms with Crippen LogP contribution in [0.5, 0.6) is 0 Å². The molecule has 1 aliphatic rings. The molecule has 0 bridgehead atoms. The van der Waals surface area contributed by atoms with E-state index in [9.17, 15) is 4.79 Å². The normalized spacial score (nSPS) is 17.1. The van der Waals surface area contributed by atoms with Gasteiger partial charge in [-0.3, -0.25) is 4.79 Å². The van der Waals surface area contributed by atoms with Crippen LogP contribution in [0.4, 0.5) is 0 Å². The highest BCUT2D eigenvalue weighted by Crippen LogP contribution is 2.18. The molecule has 0 N–H and O–H groups in total. The fourth-order valence-corrected chi connectivity index (χ4v) is 3.40. The van der Waals surface area contributed by atoms with Gasteiger partial charge in [0, 0.05) is 20.2 Å². The lowest BCUT2D eigenvalue weighted by atomic mass is 10.2. The van der Waals surface area contributed by atoms with Gasteiger partial charge in [-0.05, 0) is 28.8 Å². The quantitative estimate of drug-likeness (QED) is 0.709. The van der Waals surface area contributed by atoms with Crippen molar-refractivity contribution < 1.29 is 9.53 Å². The minimum absolute atomic E-state index is 0.0514.